The van der Waals surface area contributed by atoms with Crippen LogP contribution in [-0.4, -0.2) is 34.1 Å². The Kier molecular flexibility index (Phi) is 6.14. The molecule has 7 heteroatoms. The van der Waals surface area contributed by atoms with E-state index < -0.39 is 23.4 Å². The number of rotatable bonds is 6. The van der Waals surface area contributed by atoms with Crippen LogP contribution in [-0.2, 0) is 9.53 Å². The first-order valence-corrected chi connectivity index (χ1v) is 9.12. The molecule has 0 spiro atoms. The van der Waals surface area contributed by atoms with Gasteiger partial charge in [0.15, 0.2) is 5.78 Å². The number of carbonyl (C=O) groups excluding carboxylic acids is 2. The molecule has 0 bridgehead atoms. The van der Waals surface area contributed by atoms with Crippen LogP contribution in [0.2, 0.25) is 5.02 Å². The minimum Gasteiger partial charge on any atom is -0.508 e. The molecule has 29 heavy (non-hydrogen) atoms. The average Bonchev–Trinajstić information content (AvgIpc) is 2.73. The van der Waals surface area contributed by atoms with E-state index in [1.54, 1.807) is 42.6 Å². The minimum atomic E-state index is -0.755. The molecule has 1 heterocycles. The second-order valence-corrected chi connectivity index (χ2v) is 6.79. The predicted molar refractivity (Wildman–Crippen MR) is 107 cm³/mol. The number of hydrogen-bond donors (Lipinski definition) is 2. The topological polar surface area (TPSA) is 96.7 Å². The second-order valence-electron chi connectivity index (χ2n) is 6.35. The molecule has 148 valence electrons. The molecule has 0 fully saturated rings. The number of nitrogens with zero attached hydrogens (tertiary/aromatic N) is 1. The Hall–Kier alpha value is -3.38. The monoisotopic (exact) mass is 411 g/mol. The number of pyridine rings is 1. The molecule has 0 saturated heterocycles. The van der Waals surface area contributed by atoms with Gasteiger partial charge in [-0.25, -0.2) is 0 Å². The summed E-state index contributed by atoms with van der Waals surface area (Å²) in [6.45, 7) is 0. The molecule has 6 nitrogen and oxygen atoms in total. The minimum absolute atomic E-state index is 0.00104. The number of hydrogen-bond acceptors (Lipinski definition) is 6. The summed E-state index contributed by atoms with van der Waals surface area (Å²) in [4.78, 5) is 28.9. The summed E-state index contributed by atoms with van der Waals surface area (Å²) < 4.78 is 4.76. The molecular formula is C22H18ClNO5. The standard InChI is InChI=1S/C22H18ClNO5/c1-29-19(26)11-17(14-3-2-10-24-12-14)20-18(25)9-8-16(22(20)28)21(27)13-4-6-15(23)7-5-13/h2-10,12,17,25,28H,11H2,1H3. The highest BCUT2D eigenvalue weighted by molar-refractivity contribution is 6.30. The molecule has 1 atom stereocenters. The number of esters is 1. The van der Waals surface area contributed by atoms with Crippen LogP contribution in [0.4, 0.5) is 0 Å². The van der Waals surface area contributed by atoms with Crippen molar-refractivity contribution >= 4 is 23.4 Å². The summed E-state index contributed by atoms with van der Waals surface area (Å²) in [6.07, 6.45) is 2.95. The molecule has 2 N–H and O–H groups in total. The Labute approximate surface area is 172 Å². The molecule has 3 rings (SSSR count). The number of aromatic hydroxyl groups is 2. The zero-order valence-corrected chi connectivity index (χ0v) is 16.3. The number of ether oxygens (including phenoxy) is 1. The first-order valence-electron chi connectivity index (χ1n) is 8.74. The fraction of sp³-hybridized carbons (Fsp3) is 0.136. The molecular weight excluding hydrogens is 394 g/mol. The van der Waals surface area contributed by atoms with Gasteiger partial charge in [0, 0.05) is 34.5 Å². The third-order valence-electron chi connectivity index (χ3n) is 4.58. The molecule has 0 aliphatic rings. The number of aromatic nitrogens is 1. The third-order valence-corrected chi connectivity index (χ3v) is 4.83. The maximum Gasteiger partial charge on any atom is 0.306 e. The number of halogens is 1. The Morgan fingerprint density at radius 2 is 1.83 bits per heavy atom. The van der Waals surface area contributed by atoms with Crippen LogP contribution in [0.5, 0.6) is 11.5 Å². The molecule has 1 aromatic heterocycles. The molecule has 0 aliphatic carbocycles. The molecule has 3 aromatic rings. The highest BCUT2D eigenvalue weighted by atomic mass is 35.5. The van der Waals surface area contributed by atoms with E-state index in [0.717, 1.165) is 0 Å². The van der Waals surface area contributed by atoms with Gasteiger partial charge in [-0.15, -0.1) is 0 Å². The normalized spacial score (nSPS) is 11.7. The van der Waals surface area contributed by atoms with E-state index >= 15 is 0 Å². The van der Waals surface area contributed by atoms with Gasteiger partial charge in [-0.3, -0.25) is 14.6 Å². The van der Waals surface area contributed by atoms with Gasteiger partial charge in [-0.1, -0.05) is 17.7 Å². The first kappa shape index (κ1) is 20.4. The van der Waals surface area contributed by atoms with Gasteiger partial charge in [0.25, 0.3) is 0 Å². The van der Waals surface area contributed by atoms with Gasteiger partial charge in [0.05, 0.1) is 19.1 Å². The van der Waals surface area contributed by atoms with E-state index in [2.05, 4.69) is 4.98 Å². The van der Waals surface area contributed by atoms with Crippen LogP contribution in [0.1, 0.15) is 39.4 Å². The van der Waals surface area contributed by atoms with Crippen molar-refractivity contribution in [2.75, 3.05) is 7.11 Å². The van der Waals surface area contributed by atoms with Gasteiger partial charge in [-0.05, 0) is 48.0 Å². The van der Waals surface area contributed by atoms with Gasteiger partial charge < -0.3 is 14.9 Å². The number of ketones is 1. The maximum absolute atomic E-state index is 12.9. The number of benzene rings is 2. The maximum atomic E-state index is 12.9. The highest BCUT2D eigenvalue weighted by Gasteiger charge is 2.28. The summed E-state index contributed by atoms with van der Waals surface area (Å²) in [5.41, 5.74) is 0.967. The lowest BCUT2D eigenvalue weighted by Gasteiger charge is -2.20. The van der Waals surface area contributed by atoms with Crippen molar-refractivity contribution in [2.45, 2.75) is 12.3 Å². The molecule has 0 radical (unpaired) electrons. The van der Waals surface area contributed by atoms with E-state index in [1.807, 2.05) is 0 Å². The molecule has 2 aromatic carbocycles. The smallest absolute Gasteiger partial charge is 0.306 e. The lowest BCUT2D eigenvalue weighted by Crippen LogP contribution is -2.12. The molecule has 0 aliphatic heterocycles. The van der Waals surface area contributed by atoms with E-state index in [4.69, 9.17) is 16.3 Å². The van der Waals surface area contributed by atoms with Gasteiger partial charge in [-0.2, -0.15) is 0 Å². The van der Waals surface area contributed by atoms with Crippen LogP contribution < -0.4 is 0 Å². The van der Waals surface area contributed by atoms with Crippen molar-refractivity contribution in [3.63, 3.8) is 0 Å². The Morgan fingerprint density at radius 1 is 1.10 bits per heavy atom. The van der Waals surface area contributed by atoms with E-state index in [9.17, 15) is 19.8 Å². The zero-order valence-electron chi connectivity index (χ0n) is 15.5. The predicted octanol–water partition coefficient (Wildman–Crippen LogP) is 4.07. The largest absolute Gasteiger partial charge is 0.508 e. The Balaban J connectivity index is 2.11. The SMILES string of the molecule is COC(=O)CC(c1cccnc1)c1c(O)ccc(C(=O)c2ccc(Cl)cc2)c1O. The van der Waals surface area contributed by atoms with Crippen molar-refractivity contribution in [3.8, 4) is 11.5 Å². The molecule has 1 unspecified atom stereocenters. The quantitative estimate of drug-likeness (QED) is 0.468. The number of phenolic OH excluding ortho intramolecular Hbond substituents is 2. The summed E-state index contributed by atoms with van der Waals surface area (Å²) >= 11 is 5.87. The van der Waals surface area contributed by atoms with Crippen molar-refractivity contribution in [2.24, 2.45) is 0 Å². The van der Waals surface area contributed by atoms with Crippen molar-refractivity contribution in [1.29, 1.82) is 0 Å². The summed E-state index contributed by atoms with van der Waals surface area (Å²) in [7, 11) is 1.25. The van der Waals surface area contributed by atoms with E-state index in [1.165, 1.54) is 25.4 Å². The van der Waals surface area contributed by atoms with Crippen molar-refractivity contribution < 1.29 is 24.5 Å². The van der Waals surface area contributed by atoms with Gasteiger partial charge in [0.2, 0.25) is 0 Å². The average molecular weight is 412 g/mol. The van der Waals surface area contributed by atoms with Crippen LogP contribution in [0.15, 0.2) is 60.9 Å². The Bertz CT molecular complexity index is 1040. The van der Waals surface area contributed by atoms with Gasteiger partial charge in [0.1, 0.15) is 11.5 Å². The van der Waals surface area contributed by atoms with Crippen LogP contribution in [0.3, 0.4) is 0 Å². The first-order chi connectivity index (χ1) is 13.9. The van der Waals surface area contributed by atoms with E-state index in [0.29, 0.717) is 16.1 Å². The summed E-state index contributed by atoms with van der Waals surface area (Å²) in [5, 5.41) is 21.8. The summed E-state index contributed by atoms with van der Waals surface area (Å²) in [6, 6.07) is 12.3. The van der Waals surface area contributed by atoms with Crippen LogP contribution in [0, 0.1) is 0 Å². The fourth-order valence-electron chi connectivity index (χ4n) is 3.10. The number of carbonyl (C=O) groups is 2. The number of methoxy groups -OCH3 is 1. The summed E-state index contributed by atoms with van der Waals surface area (Å²) in [5.74, 6) is -2.37. The van der Waals surface area contributed by atoms with Crippen LogP contribution >= 0.6 is 11.6 Å². The van der Waals surface area contributed by atoms with E-state index in [-0.39, 0.29) is 23.3 Å². The van der Waals surface area contributed by atoms with Crippen LogP contribution in [0.25, 0.3) is 0 Å². The lowest BCUT2D eigenvalue weighted by molar-refractivity contribution is -0.140. The second kappa shape index (κ2) is 8.75. The lowest BCUT2D eigenvalue weighted by atomic mass is 9.86. The van der Waals surface area contributed by atoms with Gasteiger partial charge >= 0.3 is 5.97 Å². The molecule has 0 amide bonds. The third kappa shape index (κ3) is 4.38. The molecule has 0 saturated carbocycles. The van der Waals surface area contributed by atoms with Crippen molar-refractivity contribution in [1.82, 2.24) is 4.98 Å². The number of phenols is 2. The van der Waals surface area contributed by atoms with Crippen molar-refractivity contribution in [3.05, 3.63) is 88.2 Å². The fourth-order valence-corrected chi connectivity index (χ4v) is 3.23. The zero-order chi connectivity index (χ0) is 21.0. The Morgan fingerprint density at radius 3 is 2.45 bits per heavy atom. The highest BCUT2D eigenvalue weighted by Crippen LogP contribution is 2.42.